The molecule has 5 N–H and O–H groups in total. The molecule has 141 heavy (non-hydrogen) atoms. The Kier molecular flexibility index (Phi) is 88.9. The lowest BCUT2D eigenvalue weighted by Gasteiger charge is -2.42. The van der Waals surface area contributed by atoms with Crippen molar-refractivity contribution in [1.82, 2.24) is 94.8 Å². The molecule has 1 aromatic heterocycles. The number of rotatable bonds is 0. The van der Waals surface area contributed by atoms with Gasteiger partial charge in [-0.05, 0) is 412 Å². The average molecular weight is 2010 g/mol. The highest BCUT2D eigenvalue weighted by molar-refractivity contribution is 5.11. The van der Waals surface area contributed by atoms with Crippen LogP contribution in [0.5, 0.6) is 0 Å². The summed E-state index contributed by atoms with van der Waals surface area (Å²) < 4.78 is 7.44. The van der Waals surface area contributed by atoms with E-state index in [0.717, 1.165) is 112 Å². The van der Waals surface area contributed by atoms with Crippen LogP contribution in [0.3, 0.4) is 0 Å². The monoisotopic (exact) mass is 2010 g/mol. The molecular formula is C121H271N19O. The van der Waals surface area contributed by atoms with Crippen LogP contribution in [0, 0.1) is 0 Å². The van der Waals surface area contributed by atoms with Gasteiger partial charge in [0.05, 0.1) is 26.6 Å². The summed E-state index contributed by atoms with van der Waals surface area (Å²) in [4.78, 5) is 31.5. The van der Waals surface area contributed by atoms with Crippen LogP contribution in [0.2, 0.25) is 0 Å². The average Bonchev–Trinajstić information content (AvgIpc) is 1.82. The predicted octanol–water partition coefficient (Wildman–Crippen LogP) is 28.5. The van der Waals surface area contributed by atoms with Gasteiger partial charge in [-0.3, -0.25) is 54.7 Å². The van der Waals surface area contributed by atoms with Crippen molar-refractivity contribution in [2.45, 2.75) is 510 Å². The second-order valence-electron chi connectivity index (χ2n) is 50.6. The number of aromatic nitrogens is 1. The van der Waals surface area contributed by atoms with Crippen molar-refractivity contribution in [3.05, 3.63) is 98.1 Å². The van der Waals surface area contributed by atoms with Crippen molar-refractivity contribution in [2.24, 2.45) is 0 Å². The zero-order valence-corrected chi connectivity index (χ0v) is 92.9. The summed E-state index contributed by atoms with van der Waals surface area (Å²) in [6.45, 7) is 131. The first-order chi connectivity index (χ1) is 58.4. The molecule has 13 aliphatic rings. The van der Waals surface area contributed by atoms with Gasteiger partial charge >= 0.3 is 0 Å². The molecule has 0 atom stereocenters. The van der Waals surface area contributed by atoms with Gasteiger partial charge < -0.3 is 44.9 Å². The third-order valence-electron chi connectivity index (χ3n) is 24.8. The second-order valence-corrected chi connectivity index (χ2v) is 50.6. The normalized spacial score (nSPS) is 19.0. The highest BCUT2D eigenvalue weighted by Crippen LogP contribution is 2.27. The first kappa shape index (κ1) is 165. The first-order valence-electron chi connectivity index (χ1n) is 50.5. The number of likely N-dealkylation sites (tertiary alicyclic amines) is 3. The Morgan fingerprint density at radius 3 is 0.752 bits per heavy atom. The van der Waals surface area contributed by atoms with E-state index in [1.54, 1.807) is 0 Å². The molecule has 9 saturated heterocycles. The summed E-state index contributed by atoms with van der Waals surface area (Å²) >= 11 is 0. The Bertz CT molecular complexity index is 2940. The smallest absolute Gasteiger partial charge is 0.0594 e. The van der Waals surface area contributed by atoms with E-state index < -0.39 is 0 Å². The molecule has 0 aliphatic carbocycles. The van der Waals surface area contributed by atoms with Gasteiger partial charge in [0.1, 0.15) is 0 Å². The van der Waals surface area contributed by atoms with Crippen LogP contribution >= 0.6 is 0 Å². The van der Waals surface area contributed by atoms with E-state index in [4.69, 9.17) is 4.74 Å². The second kappa shape index (κ2) is 75.9. The Balaban J connectivity index is -0.000000113. The number of hydrogen-bond donors (Lipinski definition) is 5. The van der Waals surface area contributed by atoms with Crippen molar-refractivity contribution in [2.75, 3.05) is 190 Å². The third kappa shape index (κ3) is 77.3. The van der Waals surface area contributed by atoms with Gasteiger partial charge in [0.2, 0.25) is 0 Å². The Hall–Kier alpha value is -3.68. The van der Waals surface area contributed by atoms with Gasteiger partial charge in [-0.1, -0.05) is 134 Å². The lowest BCUT2D eigenvalue weighted by molar-refractivity contribution is -0.00389. The number of nitrogens with one attached hydrogen (secondary N) is 5. The fourth-order valence-electron chi connectivity index (χ4n) is 14.9. The quantitative estimate of drug-likeness (QED) is 0.125. The zero-order chi connectivity index (χ0) is 98.3. The summed E-state index contributed by atoms with van der Waals surface area (Å²) in [6, 6.07) is 4.09. The van der Waals surface area contributed by atoms with E-state index in [-0.39, 0.29) is 119 Å². The molecule has 0 spiro atoms. The molecule has 0 aromatic carbocycles. The van der Waals surface area contributed by atoms with Gasteiger partial charge in [0.15, 0.2) is 0 Å². The maximum Gasteiger partial charge on any atom is 0.0594 e. The largest absolute Gasteiger partial charge is 0.379 e. The van der Waals surface area contributed by atoms with Gasteiger partial charge in [-0.15, -0.1) is 0 Å². The number of ether oxygens (including phenoxy) is 1. The topological polar surface area (TPSA) is 116 Å². The SMILES string of the molecule is C.C.C.C.C.C.C.C.C.C.C.C.C.C=C1CNCCN1C(C)(C)C.CC(C)(C)N1C=C1.CC(C)(C)N1C=CC1.CC(C)(C)N1C=CC=CC1.CC(C)(C)N1CC1.CC(C)(C)N1CC=CC1.CC(C)(C)N1CCC1.CC(C)(C)N1CCCC1.CC(C)(C)N1CCCCC1.CC(C)(C)N1CCCNC1.CC(C)(C)N1CCNCC1.CC(C)(C)N1CCOCC1.CC(C)(C)N1CNCNC1.CC(C)(C)n1cccc1. The number of hydrogen-bond acceptors (Lipinski definition) is 19. The van der Waals surface area contributed by atoms with Crippen molar-refractivity contribution in [3.8, 4) is 0 Å². The van der Waals surface area contributed by atoms with E-state index >= 15 is 0 Å². The number of piperazine rings is 2. The van der Waals surface area contributed by atoms with Crippen LogP contribution in [-0.2, 0) is 10.3 Å². The zero-order valence-electron chi connectivity index (χ0n) is 92.9. The minimum atomic E-state index is 0. The van der Waals surface area contributed by atoms with Crippen LogP contribution in [0.15, 0.2) is 98.1 Å². The molecule has 1 aromatic rings. The molecule has 9 fully saturated rings. The Morgan fingerprint density at radius 2 is 0.560 bits per heavy atom. The molecule has 0 saturated carbocycles. The van der Waals surface area contributed by atoms with Gasteiger partial charge in [0, 0.05) is 226 Å². The number of nitrogens with zero attached hydrogens (tertiary/aromatic N) is 14. The van der Waals surface area contributed by atoms with E-state index in [9.17, 15) is 0 Å². The van der Waals surface area contributed by atoms with Gasteiger partial charge in [-0.25, -0.2) is 0 Å². The van der Waals surface area contributed by atoms with Crippen LogP contribution in [0.4, 0.5) is 0 Å². The highest BCUT2D eigenvalue weighted by Gasteiger charge is 2.33. The van der Waals surface area contributed by atoms with Crippen molar-refractivity contribution in [1.29, 1.82) is 0 Å². The van der Waals surface area contributed by atoms with Crippen LogP contribution in [0.25, 0.3) is 0 Å². The number of morpholine rings is 1. The predicted molar refractivity (Wildman–Crippen MR) is 653 cm³/mol. The molecule has 0 radical (unpaired) electrons. The molecule has 0 amide bonds. The third-order valence-corrected chi connectivity index (χ3v) is 24.8. The molecule has 20 heteroatoms. The Labute approximate surface area is 892 Å². The number of allylic oxidation sites excluding steroid dienone is 2. The van der Waals surface area contributed by atoms with Gasteiger partial charge in [0.25, 0.3) is 0 Å². The molecule has 14 heterocycles. The molecule has 0 unspecified atom stereocenters. The van der Waals surface area contributed by atoms with Crippen molar-refractivity contribution >= 4 is 0 Å². The van der Waals surface area contributed by atoms with E-state index in [1.807, 2.05) is 12.1 Å². The van der Waals surface area contributed by atoms with Crippen LogP contribution in [0.1, 0.15) is 432 Å². The van der Waals surface area contributed by atoms with Crippen LogP contribution < -0.4 is 26.6 Å². The fourth-order valence-corrected chi connectivity index (χ4v) is 14.9. The summed E-state index contributed by atoms with van der Waals surface area (Å²) in [5, 5.41) is 16.5. The van der Waals surface area contributed by atoms with E-state index in [1.165, 1.54) is 129 Å². The molecule has 20 nitrogen and oxygen atoms in total. The standard InChI is InChI=1S/C9H18N2.C9H19N.C9H15N.2C8H18N2.C8H17NO.C8H17N.C8H15N.C8H13N.C7H17N3.C7H15N.C7H13N.C6H13N.C6H11N.13CH4/c1-8-7-10-5-6-11(8)9(2,3)4;2*1-9(2,3)10-7-5-4-6-8-10;1-8(2,3)10-6-4-9-5-7-10;1-8(2,3)10-6-4-5-9-7-10;1-8(2,3)9-4-6-10-7-5-9;3*1-8(2,3)9-6-4-5-7-9;1-7(2,3)10-5-8-4-9-6-10;2*1-7(2,3)8-5-4-6-8;2*1-6(2,3)7-4-5-7;;;;;;;;;;;;;/h10H,1,5-7H2,2-4H3;4-8H2,1-3H3;4-7H,8H2,1-3H3;2*9H,4-7H2,1-3H3;4-7H2,1-3H3;4-7H2,1-3H3;4-5H,6-7H2,1-3H3;4-7H,1-3H3;8-9H,4-6H2,1-3H3;4-6H2,1-3H3;4-5H,6H2,1-3H3;4-5H2,1-3H3;4-5H,1-3H3;13*1H4. The minimum absolute atomic E-state index is 0. The molecule has 13 aliphatic heterocycles. The number of piperidine rings is 1. The molecule has 14 rings (SSSR count). The Morgan fingerprint density at radius 1 is 0.241 bits per heavy atom. The van der Waals surface area contributed by atoms with E-state index in [0.29, 0.717) is 55.4 Å². The highest BCUT2D eigenvalue weighted by atomic mass is 16.5. The van der Waals surface area contributed by atoms with E-state index in [2.05, 4.69) is 466 Å². The fraction of sp³-hybridized carbons (Fsp3) is 0.868. The maximum atomic E-state index is 5.25. The van der Waals surface area contributed by atoms with Crippen molar-refractivity contribution in [3.63, 3.8) is 0 Å². The molecule has 856 valence electrons. The van der Waals surface area contributed by atoms with Crippen LogP contribution in [-0.4, -0.2) is 331 Å². The minimum Gasteiger partial charge on any atom is -0.379 e. The molecule has 0 bridgehead atoms. The summed E-state index contributed by atoms with van der Waals surface area (Å²) in [5.41, 5.74) is 5.97. The summed E-state index contributed by atoms with van der Waals surface area (Å²) in [6.07, 6.45) is 35.3. The maximum absolute atomic E-state index is 5.25. The van der Waals surface area contributed by atoms with Crippen molar-refractivity contribution < 1.29 is 4.74 Å². The summed E-state index contributed by atoms with van der Waals surface area (Å²) in [7, 11) is 0. The summed E-state index contributed by atoms with van der Waals surface area (Å²) in [5.74, 6) is 0. The first-order valence-corrected chi connectivity index (χ1v) is 50.5. The lowest BCUT2D eigenvalue weighted by atomic mass is 10.0. The lowest BCUT2D eigenvalue weighted by Crippen LogP contribution is -2.57. The van der Waals surface area contributed by atoms with Gasteiger partial charge in [-0.2, -0.15) is 0 Å². The molecular weight excluding hydrogens is 1740 g/mol.